The van der Waals surface area contributed by atoms with Crippen LogP contribution in [0.1, 0.15) is 18.7 Å². The Morgan fingerprint density at radius 1 is 1.20 bits per heavy atom. The first kappa shape index (κ1) is 13.0. The number of nitrogens with zero attached hydrogens (tertiary/aromatic N) is 1. The van der Waals surface area contributed by atoms with E-state index in [0.717, 1.165) is 24.1 Å². The van der Waals surface area contributed by atoms with Crippen LogP contribution in [0.25, 0.3) is 11.3 Å². The molecule has 4 nitrogen and oxygen atoms in total. The van der Waals surface area contributed by atoms with E-state index in [2.05, 4.69) is 14.7 Å². The van der Waals surface area contributed by atoms with Gasteiger partial charge >= 0.3 is 6.36 Å². The molecule has 1 fully saturated rings. The Bertz CT molecular complexity index is 615. The van der Waals surface area contributed by atoms with Crippen molar-refractivity contribution < 1.29 is 17.9 Å². The summed E-state index contributed by atoms with van der Waals surface area (Å²) in [6, 6.07) is 5.60. The molecule has 106 valence electrons. The van der Waals surface area contributed by atoms with Gasteiger partial charge in [-0.3, -0.25) is 0 Å². The molecule has 1 aromatic carbocycles. The number of imidazole rings is 1. The summed E-state index contributed by atoms with van der Waals surface area (Å²) in [5, 5.41) is 0. The Hall–Kier alpha value is -2.02. The number of hydrogen-bond donors (Lipinski definition) is 2. The fourth-order valence-electron chi connectivity index (χ4n) is 1.93. The number of benzene rings is 1. The first-order valence-corrected chi connectivity index (χ1v) is 6.06. The zero-order valence-electron chi connectivity index (χ0n) is 10.4. The SMILES string of the molecule is NC1(c2ncc(-c3ccc(OC(F)(F)F)cc3)[nH]2)CC1. The highest BCUT2D eigenvalue weighted by Crippen LogP contribution is 2.41. The number of hydrogen-bond acceptors (Lipinski definition) is 3. The van der Waals surface area contributed by atoms with Crippen LogP contribution < -0.4 is 10.5 Å². The first-order valence-electron chi connectivity index (χ1n) is 6.06. The van der Waals surface area contributed by atoms with Crippen LogP contribution in [-0.4, -0.2) is 16.3 Å². The van der Waals surface area contributed by atoms with Crippen molar-refractivity contribution in [3.63, 3.8) is 0 Å². The Kier molecular flexibility index (Phi) is 2.75. The average Bonchev–Trinajstić information content (AvgIpc) is 2.92. The van der Waals surface area contributed by atoms with Crippen LogP contribution in [0.4, 0.5) is 13.2 Å². The molecule has 0 amide bonds. The first-order chi connectivity index (χ1) is 9.36. The third kappa shape index (κ3) is 2.62. The predicted molar refractivity (Wildman–Crippen MR) is 65.8 cm³/mol. The molecule has 2 aromatic rings. The van der Waals surface area contributed by atoms with Gasteiger partial charge in [0.1, 0.15) is 11.6 Å². The van der Waals surface area contributed by atoms with Gasteiger partial charge < -0.3 is 15.5 Å². The molecule has 20 heavy (non-hydrogen) atoms. The van der Waals surface area contributed by atoms with Crippen molar-refractivity contribution >= 4 is 0 Å². The largest absolute Gasteiger partial charge is 0.573 e. The second kappa shape index (κ2) is 4.24. The molecular formula is C13H12F3N3O. The molecule has 0 saturated heterocycles. The molecule has 1 aromatic heterocycles. The van der Waals surface area contributed by atoms with Gasteiger partial charge in [-0.25, -0.2) is 4.98 Å². The lowest BCUT2D eigenvalue weighted by atomic mass is 10.1. The molecule has 1 saturated carbocycles. The lowest BCUT2D eigenvalue weighted by Gasteiger charge is -2.08. The number of aromatic amines is 1. The van der Waals surface area contributed by atoms with E-state index in [-0.39, 0.29) is 11.3 Å². The van der Waals surface area contributed by atoms with E-state index in [1.165, 1.54) is 24.3 Å². The van der Waals surface area contributed by atoms with E-state index in [1.54, 1.807) is 6.20 Å². The minimum absolute atomic E-state index is 0.251. The maximum atomic E-state index is 12.1. The zero-order valence-corrected chi connectivity index (χ0v) is 10.4. The van der Waals surface area contributed by atoms with Crippen molar-refractivity contribution in [1.82, 2.24) is 9.97 Å². The van der Waals surface area contributed by atoms with E-state index in [1.807, 2.05) is 0 Å². The average molecular weight is 283 g/mol. The van der Waals surface area contributed by atoms with E-state index in [9.17, 15) is 13.2 Å². The smallest absolute Gasteiger partial charge is 0.406 e. The number of nitrogens with two attached hydrogens (primary N) is 1. The molecule has 1 aliphatic carbocycles. The summed E-state index contributed by atoms with van der Waals surface area (Å²) in [7, 11) is 0. The molecule has 7 heteroatoms. The standard InChI is InChI=1S/C13H12F3N3O/c14-13(15,16)20-9-3-1-8(2-4-9)10-7-18-11(19-10)12(17)5-6-12/h1-4,7H,5-6,17H2,(H,18,19). The summed E-state index contributed by atoms with van der Waals surface area (Å²) in [4.78, 5) is 7.32. The Morgan fingerprint density at radius 3 is 2.40 bits per heavy atom. The number of aromatic nitrogens is 2. The van der Waals surface area contributed by atoms with Gasteiger partial charge in [-0.2, -0.15) is 0 Å². The van der Waals surface area contributed by atoms with Crippen LogP contribution >= 0.6 is 0 Å². The molecular weight excluding hydrogens is 271 g/mol. The zero-order chi connectivity index (χ0) is 14.4. The highest BCUT2D eigenvalue weighted by Gasteiger charge is 2.42. The molecule has 0 aliphatic heterocycles. The van der Waals surface area contributed by atoms with E-state index >= 15 is 0 Å². The fourth-order valence-corrected chi connectivity index (χ4v) is 1.93. The third-order valence-electron chi connectivity index (χ3n) is 3.24. The van der Waals surface area contributed by atoms with Gasteiger partial charge in [-0.05, 0) is 42.7 Å². The second-order valence-corrected chi connectivity index (χ2v) is 4.87. The van der Waals surface area contributed by atoms with Crippen LogP contribution in [0.3, 0.4) is 0 Å². The van der Waals surface area contributed by atoms with Gasteiger partial charge in [0.2, 0.25) is 0 Å². The highest BCUT2D eigenvalue weighted by molar-refractivity contribution is 5.59. The molecule has 1 aliphatic rings. The summed E-state index contributed by atoms with van der Waals surface area (Å²) in [5.74, 6) is 0.460. The van der Waals surface area contributed by atoms with Crippen molar-refractivity contribution in [3.8, 4) is 17.0 Å². The number of halogens is 3. The maximum Gasteiger partial charge on any atom is 0.573 e. The number of ether oxygens (including phenoxy) is 1. The number of alkyl halides is 3. The minimum Gasteiger partial charge on any atom is -0.406 e. The molecule has 0 unspecified atom stereocenters. The highest BCUT2D eigenvalue weighted by atomic mass is 19.4. The van der Waals surface area contributed by atoms with Crippen molar-refractivity contribution in [2.45, 2.75) is 24.7 Å². The number of rotatable bonds is 3. The molecule has 0 spiro atoms. The van der Waals surface area contributed by atoms with Crippen LogP contribution in [0.15, 0.2) is 30.5 Å². The van der Waals surface area contributed by atoms with Gasteiger partial charge in [0, 0.05) is 0 Å². The molecule has 1 heterocycles. The van der Waals surface area contributed by atoms with Gasteiger partial charge in [0.25, 0.3) is 0 Å². The lowest BCUT2D eigenvalue weighted by molar-refractivity contribution is -0.274. The quantitative estimate of drug-likeness (QED) is 0.910. The van der Waals surface area contributed by atoms with Crippen LogP contribution in [0.2, 0.25) is 0 Å². The predicted octanol–water partition coefficient (Wildman–Crippen LogP) is 2.92. The number of nitrogens with one attached hydrogen (secondary N) is 1. The molecule has 0 atom stereocenters. The van der Waals surface area contributed by atoms with Gasteiger partial charge in [0.15, 0.2) is 0 Å². The summed E-state index contributed by atoms with van der Waals surface area (Å²) in [5.41, 5.74) is 7.09. The lowest BCUT2D eigenvalue weighted by Crippen LogP contribution is -2.20. The Labute approximate surface area is 112 Å². The van der Waals surface area contributed by atoms with Crippen molar-refractivity contribution in [2.24, 2.45) is 5.73 Å². The molecule has 3 N–H and O–H groups in total. The molecule has 3 rings (SSSR count). The van der Waals surface area contributed by atoms with E-state index in [0.29, 0.717) is 5.82 Å². The van der Waals surface area contributed by atoms with Crippen molar-refractivity contribution in [2.75, 3.05) is 0 Å². The topological polar surface area (TPSA) is 63.9 Å². The number of H-pyrrole nitrogens is 1. The fraction of sp³-hybridized carbons (Fsp3) is 0.308. The van der Waals surface area contributed by atoms with Crippen LogP contribution in [-0.2, 0) is 5.54 Å². The summed E-state index contributed by atoms with van der Waals surface area (Å²) >= 11 is 0. The van der Waals surface area contributed by atoms with Crippen molar-refractivity contribution in [3.05, 3.63) is 36.3 Å². The molecule has 0 radical (unpaired) electrons. The van der Waals surface area contributed by atoms with Crippen molar-refractivity contribution in [1.29, 1.82) is 0 Å². The summed E-state index contributed by atoms with van der Waals surface area (Å²) in [6.07, 6.45) is -1.28. The summed E-state index contributed by atoms with van der Waals surface area (Å²) in [6.45, 7) is 0. The Balaban J connectivity index is 1.79. The third-order valence-corrected chi connectivity index (χ3v) is 3.24. The van der Waals surface area contributed by atoms with E-state index < -0.39 is 6.36 Å². The van der Waals surface area contributed by atoms with Gasteiger partial charge in [-0.1, -0.05) is 0 Å². The van der Waals surface area contributed by atoms with Gasteiger partial charge in [-0.15, -0.1) is 13.2 Å². The second-order valence-electron chi connectivity index (χ2n) is 4.87. The monoisotopic (exact) mass is 283 g/mol. The normalized spacial score (nSPS) is 17.0. The van der Waals surface area contributed by atoms with Crippen LogP contribution in [0.5, 0.6) is 5.75 Å². The van der Waals surface area contributed by atoms with E-state index in [4.69, 9.17) is 5.73 Å². The molecule has 0 bridgehead atoms. The minimum atomic E-state index is -4.68. The maximum absolute atomic E-state index is 12.1. The summed E-state index contributed by atoms with van der Waals surface area (Å²) < 4.78 is 40.0. The van der Waals surface area contributed by atoms with Gasteiger partial charge in [0.05, 0.1) is 17.4 Å². The Morgan fingerprint density at radius 2 is 1.85 bits per heavy atom. The van der Waals surface area contributed by atoms with Crippen LogP contribution in [0, 0.1) is 0 Å².